The number of piperazine rings is 1. The Bertz CT molecular complexity index is 309. The smallest absolute Gasteiger partial charge is 0.317 e. The predicted molar refractivity (Wildman–Crippen MR) is 84.0 cm³/mol. The van der Waals surface area contributed by atoms with Gasteiger partial charge in [-0.05, 0) is 33.0 Å². The molecule has 118 valence electrons. The number of hydrogen-bond acceptors (Lipinski definition) is 3. The van der Waals surface area contributed by atoms with Crippen molar-refractivity contribution in [3.63, 3.8) is 0 Å². The minimum atomic E-state index is 0.0599. The van der Waals surface area contributed by atoms with E-state index in [4.69, 9.17) is 0 Å². The summed E-state index contributed by atoms with van der Waals surface area (Å²) in [5, 5.41) is 3.17. The number of likely N-dealkylation sites (N-methyl/N-ethyl adjacent to an activating group) is 1. The molecule has 0 radical (unpaired) electrons. The third kappa shape index (κ3) is 4.94. The standard InChI is InChI=1S/C15H32N4O/c1-7-18-8-10-19(11-9-18)14(20)16-13(2)15(3,4)12-17(5)6/h13H,7-12H2,1-6H3,(H,16,20). The summed E-state index contributed by atoms with van der Waals surface area (Å²) in [5.41, 5.74) is 0.0599. The number of carbonyl (C=O) groups excluding carboxylic acids is 1. The van der Waals surface area contributed by atoms with Gasteiger partial charge in [0, 0.05) is 38.8 Å². The number of hydrogen-bond donors (Lipinski definition) is 1. The molecule has 1 unspecified atom stereocenters. The first-order valence-corrected chi connectivity index (χ1v) is 7.68. The second-order valence-electron chi connectivity index (χ2n) is 6.82. The first-order valence-electron chi connectivity index (χ1n) is 7.68. The van der Waals surface area contributed by atoms with Gasteiger partial charge in [-0.2, -0.15) is 0 Å². The summed E-state index contributed by atoms with van der Waals surface area (Å²) >= 11 is 0. The van der Waals surface area contributed by atoms with E-state index >= 15 is 0 Å². The van der Waals surface area contributed by atoms with Gasteiger partial charge in [0.15, 0.2) is 0 Å². The van der Waals surface area contributed by atoms with Crippen molar-refractivity contribution in [2.75, 3.05) is 53.4 Å². The minimum absolute atomic E-state index is 0.0599. The highest BCUT2D eigenvalue weighted by atomic mass is 16.2. The Morgan fingerprint density at radius 2 is 1.80 bits per heavy atom. The molecule has 1 fully saturated rings. The van der Waals surface area contributed by atoms with E-state index in [1.54, 1.807) is 0 Å². The predicted octanol–water partition coefficient (Wildman–Crippen LogP) is 1.31. The summed E-state index contributed by atoms with van der Waals surface area (Å²) in [7, 11) is 4.14. The van der Waals surface area contributed by atoms with Gasteiger partial charge in [-0.3, -0.25) is 0 Å². The van der Waals surface area contributed by atoms with Crippen LogP contribution >= 0.6 is 0 Å². The highest BCUT2D eigenvalue weighted by Crippen LogP contribution is 2.21. The molecule has 0 aliphatic carbocycles. The van der Waals surface area contributed by atoms with Gasteiger partial charge in [0.2, 0.25) is 0 Å². The molecule has 0 aromatic heterocycles. The van der Waals surface area contributed by atoms with Crippen LogP contribution in [0.1, 0.15) is 27.7 Å². The lowest BCUT2D eigenvalue weighted by Gasteiger charge is -2.38. The number of urea groups is 1. The topological polar surface area (TPSA) is 38.8 Å². The van der Waals surface area contributed by atoms with Crippen LogP contribution in [0.5, 0.6) is 0 Å². The summed E-state index contributed by atoms with van der Waals surface area (Å²) in [6.07, 6.45) is 0. The largest absolute Gasteiger partial charge is 0.335 e. The zero-order valence-electron chi connectivity index (χ0n) is 14.1. The van der Waals surface area contributed by atoms with Gasteiger partial charge in [0.1, 0.15) is 0 Å². The van der Waals surface area contributed by atoms with Gasteiger partial charge < -0.3 is 20.0 Å². The molecule has 2 amide bonds. The first kappa shape index (κ1) is 17.2. The Kier molecular flexibility index (Phi) is 6.27. The highest BCUT2D eigenvalue weighted by molar-refractivity contribution is 5.74. The molecule has 1 rings (SSSR count). The lowest BCUT2D eigenvalue weighted by atomic mass is 9.85. The molecule has 0 spiro atoms. The van der Waals surface area contributed by atoms with Crippen LogP contribution in [0.15, 0.2) is 0 Å². The first-order chi connectivity index (χ1) is 9.26. The summed E-state index contributed by atoms with van der Waals surface area (Å²) < 4.78 is 0. The Morgan fingerprint density at radius 1 is 1.25 bits per heavy atom. The lowest BCUT2D eigenvalue weighted by molar-refractivity contribution is 0.129. The molecule has 0 aromatic rings. The number of amides is 2. The molecule has 5 heteroatoms. The van der Waals surface area contributed by atoms with Gasteiger partial charge in [0.25, 0.3) is 0 Å². The zero-order valence-corrected chi connectivity index (χ0v) is 14.1. The van der Waals surface area contributed by atoms with E-state index in [-0.39, 0.29) is 17.5 Å². The molecule has 1 N–H and O–H groups in total. The molecule has 1 aliphatic rings. The molecule has 0 bridgehead atoms. The van der Waals surface area contributed by atoms with Gasteiger partial charge in [-0.25, -0.2) is 4.79 Å². The fourth-order valence-corrected chi connectivity index (χ4v) is 2.69. The van der Waals surface area contributed by atoms with E-state index in [1.165, 1.54) is 0 Å². The Labute approximate surface area is 124 Å². The van der Waals surface area contributed by atoms with Crippen molar-refractivity contribution in [1.29, 1.82) is 0 Å². The van der Waals surface area contributed by atoms with Crippen LogP contribution in [0, 0.1) is 5.41 Å². The van der Waals surface area contributed by atoms with Crippen molar-refractivity contribution >= 4 is 6.03 Å². The molecular formula is C15H32N4O. The van der Waals surface area contributed by atoms with Crippen LogP contribution in [0.25, 0.3) is 0 Å². The molecule has 1 aliphatic heterocycles. The van der Waals surface area contributed by atoms with Gasteiger partial charge in [0.05, 0.1) is 0 Å². The molecule has 1 atom stereocenters. The van der Waals surface area contributed by atoms with E-state index in [2.05, 4.69) is 56.9 Å². The molecule has 1 saturated heterocycles. The lowest BCUT2D eigenvalue weighted by Crippen LogP contribution is -2.55. The average Bonchev–Trinajstić information content (AvgIpc) is 2.37. The van der Waals surface area contributed by atoms with Gasteiger partial charge >= 0.3 is 6.03 Å². The maximum absolute atomic E-state index is 12.3. The normalized spacial score (nSPS) is 19.2. The molecule has 5 nitrogen and oxygen atoms in total. The third-order valence-corrected chi connectivity index (χ3v) is 4.34. The quantitative estimate of drug-likeness (QED) is 0.827. The average molecular weight is 284 g/mol. The highest BCUT2D eigenvalue weighted by Gasteiger charge is 2.29. The van der Waals surface area contributed by atoms with Crippen molar-refractivity contribution in [2.24, 2.45) is 5.41 Å². The summed E-state index contributed by atoms with van der Waals surface area (Å²) in [6.45, 7) is 14.3. The fraction of sp³-hybridized carbons (Fsp3) is 0.933. The SMILES string of the molecule is CCN1CCN(C(=O)NC(C)C(C)(C)CN(C)C)CC1. The second-order valence-corrected chi connectivity index (χ2v) is 6.82. The maximum atomic E-state index is 12.3. The zero-order chi connectivity index (χ0) is 15.3. The van der Waals surface area contributed by atoms with Crippen LogP contribution in [0.4, 0.5) is 4.79 Å². The Morgan fingerprint density at radius 3 is 2.25 bits per heavy atom. The fourth-order valence-electron chi connectivity index (χ4n) is 2.69. The van der Waals surface area contributed by atoms with E-state index in [9.17, 15) is 4.79 Å². The molecule has 0 saturated carbocycles. The van der Waals surface area contributed by atoms with Crippen LogP contribution in [-0.4, -0.2) is 80.1 Å². The monoisotopic (exact) mass is 284 g/mol. The van der Waals surface area contributed by atoms with Gasteiger partial charge in [-0.15, -0.1) is 0 Å². The van der Waals surface area contributed by atoms with Gasteiger partial charge in [-0.1, -0.05) is 20.8 Å². The van der Waals surface area contributed by atoms with E-state index in [0.717, 1.165) is 39.3 Å². The molecular weight excluding hydrogens is 252 g/mol. The summed E-state index contributed by atoms with van der Waals surface area (Å²) in [5.74, 6) is 0. The van der Waals surface area contributed by atoms with Crippen molar-refractivity contribution < 1.29 is 4.79 Å². The second kappa shape index (κ2) is 7.27. The summed E-state index contributed by atoms with van der Waals surface area (Å²) in [6, 6.07) is 0.238. The molecule has 1 heterocycles. The number of nitrogens with zero attached hydrogens (tertiary/aromatic N) is 3. The van der Waals surface area contributed by atoms with Crippen LogP contribution in [-0.2, 0) is 0 Å². The van der Waals surface area contributed by atoms with E-state index < -0.39 is 0 Å². The minimum Gasteiger partial charge on any atom is -0.335 e. The van der Waals surface area contributed by atoms with Crippen molar-refractivity contribution in [1.82, 2.24) is 20.0 Å². The number of carbonyl (C=O) groups is 1. The molecule has 0 aromatic carbocycles. The molecule has 20 heavy (non-hydrogen) atoms. The maximum Gasteiger partial charge on any atom is 0.317 e. The van der Waals surface area contributed by atoms with Crippen LogP contribution < -0.4 is 5.32 Å². The Balaban J connectivity index is 2.45. The number of nitrogens with one attached hydrogen (secondary N) is 1. The van der Waals surface area contributed by atoms with Crippen LogP contribution in [0.3, 0.4) is 0 Å². The third-order valence-electron chi connectivity index (χ3n) is 4.34. The van der Waals surface area contributed by atoms with Crippen LogP contribution in [0.2, 0.25) is 0 Å². The van der Waals surface area contributed by atoms with E-state index in [1.807, 2.05) is 4.90 Å². The van der Waals surface area contributed by atoms with Crippen molar-refractivity contribution in [2.45, 2.75) is 33.7 Å². The Hall–Kier alpha value is -0.810. The van der Waals surface area contributed by atoms with Crippen molar-refractivity contribution in [3.05, 3.63) is 0 Å². The summed E-state index contributed by atoms with van der Waals surface area (Å²) in [4.78, 5) is 18.8. The van der Waals surface area contributed by atoms with Crippen molar-refractivity contribution in [3.8, 4) is 0 Å². The number of rotatable bonds is 5. The van der Waals surface area contributed by atoms with E-state index in [0.29, 0.717) is 0 Å².